The summed E-state index contributed by atoms with van der Waals surface area (Å²) in [5.74, 6) is 0. The highest BCUT2D eigenvalue weighted by molar-refractivity contribution is 6.31. The lowest BCUT2D eigenvalue weighted by Crippen LogP contribution is -2.11. The highest BCUT2D eigenvalue weighted by Crippen LogP contribution is 2.51. The van der Waals surface area contributed by atoms with E-state index in [0.29, 0.717) is 22.7 Å². The van der Waals surface area contributed by atoms with Gasteiger partial charge in [-0.05, 0) is 83.8 Å². The predicted molar refractivity (Wildman–Crippen MR) is 296 cm³/mol. The Kier molecular flexibility index (Phi) is 5.90. The third-order valence-corrected chi connectivity index (χ3v) is 13.6. The third-order valence-electron chi connectivity index (χ3n) is 13.6. The summed E-state index contributed by atoms with van der Waals surface area (Å²) < 4.78 is 141. The van der Waals surface area contributed by atoms with Crippen molar-refractivity contribution < 1.29 is 19.2 Å². The van der Waals surface area contributed by atoms with E-state index in [2.05, 4.69) is 0 Å². The highest BCUT2D eigenvalue weighted by atomic mass is 15.2. The van der Waals surface area contributed by atoms with Crippen LogP contribution in [0.1, 0.15) is 19.2 Å². The fraction of sp³-hybridized carbons (Fsp3) is 0. The molecule has 0 bridgehead atoms. The van der Waals surface area contributed by atoms with Gasteiger partial charge in [0.05, 0.1) is 75.0 Å². The third kappa shape index (κ3) is 5.47. The van der Waals surface area contributed by atoms with Gasteiger partial charge in [0.1, 0.15) is 0 Å². The van der Waals surface area contributed by atoms with Crippen molar-refractivity contribution >= 4 is 110 Å². The maximum absolute atomic E-state index is 10.6. The first-order valence-electron chi connectivity index (χ1n) is 30.0. The van der Waals surface area contributed by atoms with Crippen LogP contribution in [0.15, 0.2) is 254 Å². The standard InChI is InChI=1S/C66H42N4/c1-5-21-43(22-6-1)47-29-13-15-35-55(47)67(45-25-9-3-10-26-45)57-37-19-39-59-63(57)51-33-17-31-49-53-42-62-54(41-61(53)69(59)65(49)51)50-32-18-34-52-64-58(38-20-40-60(64)70(62)66(50)52)68(46-27-11-4-12-28-46)56-36-16-14-30-48(56)44-23-7-2-8-24-44/h1-42H/i17D,18D,19D,20D,31D,32D,33D,34D,37D,38D,39D,40D,41D,42D. The van der Waals surface area contributed by atoms with Crippen molar-refractivity contribution in [2.45, 2.75) is 0 Å². The minimum Gasteiger partial charge on any atom is -0.309 e. The topological polar surface area (TPSA) is 15.3 Å². The van der Waals surface area contributed by atoms with Crippen LogP contribution < -0.4 is 9.80 Å². The Hall–Kier alpha value is -9.38. The Labute approximate surface area is 423 Å². The number of hydrogen-bond donors (Lipinski definition) is 0. The second-order valence-corrected chi connectivity index (χ2v) is 17.3. The number of anilines is 6. The van der Waals surface area contributed by atoms with Gasteiger partial charge in [-0.2, -0.15) is 0 Å². The van der Waals surface area contributed by atoms with Crippen molar-refractivity contribution in [1.29, 1.82) is 0 Å². The largest absolute Gasteiger partial charge is 0.309 e. The summed E-state index contributed by atoms with van der Waals surface area (Å²) in [6.07, 6.45) is 0. The van der Waals surface area contributed by atoms with E-state index < -0.39 is 60.4 Å². The molecule has 15 rings (SSSR count). The fourth-order valence-corrected chi connectivity index (χ4v) is 10.7. The van der Waals surface area contributed by atoms with Crippen molar-refractivity contribution in [1.82, 2.24) is 8.80 Å². The van der Waals surface area contributed by atoms with Gasteiger partial charge in [0, 0.05) is 65.6 Å². The Morgan fingerprint density at radius 2 is 0.657 bits per heavy atom. The van der Waals surface area contributed by atoms with E-state index in [1.165, 1.54) is 8.80 Å². The van der Waals surface area contributed by atoms with Gasteiger partial charge >= 0.3 is 0 Å². The molecular formula is C66H42N4. The molecule has 0 radical (unpaired) electrons. The molecule has 0 amide bonds. The Morgan fingerprint density at radius 1 is 0.300 bits per heavy atom. The molecule has 0 atom stereocenters. The van der Waals surface area contributed by atoms with Crippen LogP contribution in [0.2, 0.25) is 0 Å². The molecule has 0 fully saturated rings. The number of para-hydroxylation sites is 6. The number of rotatable bonds is 8. The van der Waals surface area contributed by atoms with Crippen molar-refractivity contribution in [3.63, 3.8) is 0 Å². The van der Waals surface area contributed by atoms with Crippen molar-refractivity contribution in [3.05, 3.63) is 254 Å². The molecule has 15 aromatic rings. The van der Waals surface area contributed by atoms with Crippen LogP contribution in [-0.2, 0) is 0 Å². The first kappa shape index (κ1) is 27.4. The molecule has 326 valence electrons. The SMILES string of the molecule is [2H]c1c([2H])c([2H])c2c(c1N(c1ccccc1)c1ccccc1-c1ccccc1)c1c([2H])c([2H])c([2H])c3c4c([2H])c5c(c([2H])c4n2c13)c1c([2H])c([2H])c([2H])c2c3c(N(c4ccccc4)c4ccccc4-c4ccccc4)c([2H])c([2H])c([2H])c3n5c21. The van der Waals surface area contributed by atoms with Crippen LogP contribution in [-0.4, -0.2) is 8.80 Å². The van der Waals surface area contributed by atoms with E-state index >= 15 is 0 Å². The number of fused-ring (bicyclic) bond motifs is 12. The molecule has 4 heterocycles. The summed E-state index contributed by atoms with van der Waals surface area (Å²) >= 11 is 0. The van der Waals surface area contributed by atoms with E-state index in [1.807, 2.05) is 180 Å². The van der Waals surface area contributed by atoms with Gasteiger partial charge in [-0.3, -0.25) is 0 Å². The Bertz CT molecular complexity index is 4970. The van der Waals surface area contributed by atoms with Gasteiger partial charge in [0.2, 0.25) is 0 Å². The van der Waals surface area contributed by atoms with Crippen molar-refractivity contribution in [3.8, 4) is 22.3 Å². The molecule has 4 aromatic heterocycles. The average Bonchev–Trinajstić information content (AvgIpc) is 1.50. The molecule has 0 N–H and O–H groups in total. The zero-order chi connectivity index (χ0) is 58.0. The molecule has 70 heavy (non-hydrogen) atoms. The Morgan fingerprint density at radius 3 is 1.09 bits per heavy atom. The predicted octanol–water partition coefficient (Wildman–Crippen LogP) is 18.3. The number of benzene rings is 11. The van der Waals surface area contributed by atoms with Crippen LogP contribution >= 0.6 is 0 Å². The second kappa shape index (κ2) is 15.1. The molecule has 0 saturated carbocycles. The first-order chi connectivity index (χ1) is 40.6. The smallest absolute Gasteiger partial charge is 0.0653 e. The summed E-state index contributed by atoms with van der Waals surface area (Å²) in [6, 6.07) is 46.7. The van der Waals surface area contributed by atoms with E-state index in [4.69, 9.17) is 0 Å². The first-order valence-corrected chi connectivity index (χ1v) is 23.0. The van der Waals surface area contributed by atoms with Crippen molar-refractivity contribution in [2.75, 3.05) is 9.80 Å². The Balaban J connectivity index is 1.14. The highest BCUT2D eigenvalue weighted by Gasteiger charge is 2.28. The van der Waals surface area contributed by atoms with Crippen LogP contribution in [0.25, 0.3) is 98.4 Å². The van der Waals surface area contributed by atoms with E-state index in [9.17, 15) is 19.2 Å². The lowest BCUT2D eigenvalue weighted by molar-refractivity contribution is 1.29. The minimum absolute atomic E-state index is 0.0239. The molecule has 0 unspecified atom stereocenters. The summed E-state index contributed by atoms with van der Waals surface area (Å²) in [5.41, 5.74) is 5.74. The van der Waals surface area contributed by atoms with Gasteiger partial charge in [-0.15, -0.1) is 0 Å². The quantitative estimate of drug-likeness (QED) is 0.151. The van der Waals surface area contributed by atoms with Crippen LogP contribution in [0, 0.1) is 0 Å². The van der Waals surface area contributed by atoms with E-state index in [-0.39, 0.29) is 112 Å². The van der Waals surface area contributed by atoms with Crippen LogP contribution in [0.5, 0.6) is 0 Å². The lowest BCUT2D eigenvalue weighted by Gasteiger charge is -2.28. The summed E-state index contributed by atoms with van der Waals surface area (Å²) in [4.78, 5) is 3.62. The van der Waals surface area contributed by atoms with Gasteiger partial charge in [-0.25, -0.2) is 0 Å². The lowest BCUT2D eigenvalue weighted by atomic mass is 10.00. The van der Waals surface area contributed by atoms with Gasteiger partial charge < -0.3 is 18.6 Å². The van der Waals surface area contributed by atoms with Gasteiger partial charge in [-0.1, -0.05) is 182 Å². The fourth-order valence-electron chi connectivity index (χ4n) is 10.7. The molecule has 4 heteroatoms. The number of nitrogens with zero attached hydrogens (tertiary/aromatic N) is 4. The molecule has 0 aliphatic carbocycles. The molecule has 0 saturated heterocycles. The number of aromatic nitrogens is 2. The minimum atomic E-state index is -0.536. The maximum atomic E-state index is 10.6. The van der Waals surface area contributed by atoms with Crippen LogP contribution in [0.4, 0.5) is 34.1 Å². The average molecular weight is 905 g/mol. The second-order valence-electron chi connectivity index (χ2n) is 17.3. The monoisotopic (exact) mass is 904 g/mol. The summed E-state index contributed by atoms with van der Waals surface area (Å²) in [6.45, 7) is 0. The summed E-state index contributed by atoms with van der Waals surface area (Å²) in [5, 5.41) is 0.222. The van der Waals surface area contributed by atoms with E-state index in [0.717, 1.165) is 22.3 Å². The van der Waals surface area contributed by atoms with Gasteiger partial charge in [0.25, 0.3) is 0 Å². The van der Waals surface area contributed by atoms with E-state index in [1.54, 1.807) is 0 Å². The molecule has 0 aliphatic rings. The zero-order valence-corrected chi connectivity index (χ0v) is 37.0. The molecular weight excluding hydrogens is 849 g/mol. The molecule has 11 aromatic carbocycles. The number of hydrogen-bond acceptors (Lipinski definition) is 2. The normalized spacial score (nSPS) is 14.8. The van der Waals surface area contributed by atoms with Crippen molar-refractivity contribution in [2.24, 2.45) is 0 Å². The maximum Gasteiger partial charge on any atom is 0.0653 e. The van der Waals surface area contributed by atoms with Crippen LogP contribution in [0.3, 0.4) is 0 Å². The zero-order valence-electron chi connectivity index (χ0n) is 51.0. The van der Waals surface area contributed by atoms with Gasteiger partial charge in [0.15, 0.2) is 0 Å². The molecule has 0 spiro atoms. The molecule has 4 nitrogen and oxygen atoms in total. The summed E-state index contributed by atoms with van der Waals surface area (Å²) in [7, 11) is 0. The molecule has 0 aliphatic heterocycles.